The van der Waals surface area contributed by atoms with Gasteiger partial charge >= 0.3 is 0 Å². The second kappa shape index (κ2) is 5.50. The molecule has 3 heteroatoms. The van der Waals surface area contributed by atoms with Crippen LogP contribution in [-0.2, 0) is 5.75 Å². The molecule has 1 aromatic heterocycles. The smallest absolute Gasteiger partial charge is 0.124 e. The fourth-order valence-electron chi connectivity index (χ4n) is 1.74. The van der Waals surface area contributed by atoms with Gasteiger partial charge in [0.15, 0.2) is 0 Å². The molecule has 0 aliphatic rings. The van der Waals surface area contributed by atoms with Gasteiger partial charge in [-0.15, -0.1) is 0 Å². The van der Waals surface area contributed by atoms with E-state index in [0.717, 1.165) is 28.0 Å². The summed E-state index contributed by atoms with van der Waals surface area (Å²) in [6, 6.07) is 6.89. The third-order valence-corrected chi connectivity index (χ3v) is 3.87. The van der Waals surface area contributed by atoms with E-state index in [1.165, 1.54) is 0 Å². The van der Waals surface area contributed by atoms with E-state index < -0.39 is 0 Å². The highest BCUT2D eigenvalue weighted by molar-refractivity contribution is 7.98. The lowest BCUT2D eigenvalue weighted by molar-refractivity contribution is 0.628. The number of hydrogen-bond donors (Lipinski definition) is 0. The Morgan fingerprint density at radius 2 is 2.18 bits per heavy atom. The molecule has 0 unspecified atom stereocenters. The van der Waals surface area contributed by atoms with Gasteiger partial charge in [0.1, 0.15) is 5.82 Å². The van der Waals surface area contributed by atoms with E-state index in [9.17, 15) is 4.39 Å². The van der Waals surface area contributed by atoms with Gasteiger partial charge < -0.3 is 0 Å². The van der Waals surface area contributed by atoms with Crippen molar-refractivity contribution in [3.63, 3.8) is 0 Å². The van der Waals surface area contributed by atoms with Crippen LogP contribution in [0.1, 0.15) is 19.4 Å². The fraction of sp³-hybridized carbons (Fsp3) is 0.357. The van der Waals surface area contributed by atoms with Crippen molar-refractivity contribution in [2.24, 2.45) is 5.92 Å². The molecule has 0 amide bonds. The van der Waals surface area contributed by atoms with Crippen molar-refractivity contribution >= 4 is 22.7 Å². The second-order valence-electron chi connectivity index (χ2n) is 4.55. The first kappa shape index (κ1) is 12.4. The summed E-state index contributed by atoms with van der Waals surface area (Å²) in [4.78, 5) is 4.34. The number of hydrogen-bond acceptors (Lipinski definition) is 2. The Morgan fingerprint density at radius 3 is 2.94 bits per heavy atom. The molecule has 2 aromatic rings. The van der Waals surface area contributed by atoms with Gasteiger partial charge in [-0.3, -0.25) is 4.98 Å². The minimum atomic E-state index is -0.175. The van der Waals surface area contributed by atoms with Gasteiger partial charge in [0.25, 0.3) is 0 Å². The Hall–Kier alpha value is -1.09. The maximum Gasteiger partial charge on any atom is 0.124 e. The van der Waals surface area contributed by atoms with E-state index in [0.29, 0.717) is 5.92 Å². The molecule has 1 nitrogen and oxygen atoms in total. The lowest BCUT2D eigenvalue weighted by Crippen LogP contribution is -1.94. The van der Waals surface area contributed by atoms with Gasteiger partial charge in [0.2, 0.25) is 0 Å². The number of pyridine rings is 1. The van der Waals surface area contributed by atoms with Crippen LogP contribution in [-0.4, -0.2) is 10.7 Å². The molecular weight excluding hydrogens is 233 g/mol. The van der Waals surface area contributed by atoms with Crippen molar-refractivity contribution in [2.45, 2.75) is 19.6 Å². The van der Waals surface area contributed by atoms with Crippen LogP contribution in [0.15, 0.2) is 30.5 Å². The molecule has 1 heterocycles. The highest BCUT2D eigenvalue weighted by Crippen LogP contribution is 2.23. The van der Waals surface area contributed by atoms with Crippen LogP contribution in [0.3, 0.4) is 0 Å². The molecule has 0 radical (unpaired) electrons. The molecule has 90 valence electrons. The van der Waals surface area contributed by atoms with Crippen molar-refractivity contribution in [1.82, 2.24) is 4.98 Å². The number of nitrogens with zero attached hydrogens (tertiary/aromatic N) is 1. The van der Waals surface area contributed by atoms with Crippen LogP contribution >= 0.6 is 11.8 Å². The van der Waals surface area contributed by atoms with Crippen LogP contribution in [0.2, 0.25) is 0 Å². The number of aromatic nitrogens is 1. The number of halogens is 1. The Balaban J connectivity index is 2.26. The van der Waals surface area contributed by atoms with Gasteiger partial charge in [0.05, 0.1) is 5.52 Å². The molecule has 0 fully saturated rings. The van der Waals surface area contributed by atoms with Crippen LogP contribution < -0.4 is 0 Å². The van der Waals surface area contributed by atoms with Gasteiger partial charge in [-0.05, 0) is 35.4 Å². The van der Waals surface area contributed by atoms with E-state index in [1.807, 2.05) is 23.9 Å². The lowest BCUT2D eigenvalue weighted by atomic mass is 10.1. The first-order valence-corrected chi connectivity index (χ1v) is 6.93. The second-order valence-corrected chi connectivity index (χ2v) is 5.58. The molecule has 0 atom stereocenters. The lowest BCUT2D eigenvalue weighted by Gasteiger charge is -2.07. The van der Waals surface area contributed by atoms with Gasteiger partial charge in [-0.2, -0.15) is 11.8 Å². The molecule has 0 bridgehead atoms. The summed E-state index contributed by atoms with van der Waals surface area (Å²) in [5.41, 5.74) is 1.91. The third kappa shape index (κ3) is 3.19. The Bertz CT molecular complexity index is 511. The molecule has 0 saturated carbocycles. The monoisotopic (exact) mass is 249 g/mol. The Morgan fingerprint density at radius 1 is 1.35 bits per heavy atom. The molecule has 0 saturated heterocycles. The zero-order chi connectivity index (χ0) is 12.3. The summed E-state index contributed by atoms with van der Waals surface area (Å²) in [6.45, 7) is 4.38. The molecule has 0 spiro atoms. The maximum absolute atomic E-state index is 13.4. The number of rotatable bonds is 4. The zero-order valence-electron chi connectivity index (χ0n) is 10.1. The van der Waals surface area contributed by atoms with Crippen LogP contribution in [0.25, 0.3) is 10.9 Å². The molecule has 2 rings (SSSR count). The van der Waals surface area contributed by atoms with Crippen molar-refractivity contribution in [2.75, 3.05) is 5.75 Å². The molecular formula is C14H16FNS. The summed E-state index contributed by atoms with van der Waals surface area (Å²) >= 11 is 1.83. The summed E-state index contributed by atoms with van der Waals surface area (Å²) in [7, 11) is 0. The highest BCUT2D eigenvalue weighted by atomic mass is 32.2. The SMILES string of the molecule is CC(C)CSCc1cc(F)cc2cccnc12. The predicted molar refractivity (Wildman–Crippen MR) is 72.7 cm³/mol. The number of benzene rings is 1. The molecule has 0 aliphatic carbocycles. The van der Waals surface area contributed by atoms with E-state index in [1.54, 1.807) is 18.3 Å². The molecule has 1 aromatic carbocycles. The Kier molecular flexibility index (Phi) is 4.00. The minimum absolute atomic E-state index is 0.175. The maximum atomic E-state index is 13.4. The first-order valence-electron chi connectivity index (χ1n) is 5.77. The summed E-state index contributed by atoms with van der Waals surface area (Å²) < 4.78 is 13.4. The average Bonchev–Trinajstić information content (AvgIpc) is 2.28. The van der Waals surface area contributed by atoms with E-state index in [2.05, 4.69) is 18.8 Å². The largest absolute Gasteiger partial charge is 0.256 e. The molecule has 17 heavy (non-hydrogen) atoms. The van der Waals surface area contributed by atoms with Gasteiger partial charge in [0, 0.05) is 17.3 Å². The van der Waals surface area contributed by atoms with Crippen LogP contribution in [0, 0.1) is 11.7 Å². The summed E-state index contributed by atoms with van der Waals surface area (Å²) in [5.74, 6) is 2.40. The average molecular weight is 249 g/mol. The summed E-state index contributed by atoms with van der Waals surface area (Å²) in [6.07, 6.45) is 1.76. The van der Waals surface area contributed by atoms with E-state index >= 15 is 0 Å². The van der Waals surface area contributed by atoms with E-state index in [4.69, 9.17) is 0 Å². The van der Waals surface area contributed by atoms with Gasteiger partial charge in [-0.25, -0.2) is 4.39 Å². The summed E-state index contributed by atoms with van der Waals surface area (Å²) in [5, 5.41) is 0.882. The number of fused-ring (bicyclic) bond motifs is 1. The standard InChI is InChI=1S/C14H16FNS/c1-10(2)8-17-9-12-7-13(15)6-11-4-3-5-16-14(11)12/h3-7,10H,8-9H2,1-2H3. The predicted octanol–water partition coefficient (Wildman–Crippen LogP) is 4.26. The normalized spacial score (nSPS) is 11.3. The third-order valence-electron chi connectivity index (χ3n) is 2.46. The van der Waals surface area contributed by atoms with Crippen molar-refractivity contribution in [3.05, 3.63) is 41.8 Å². The fourth-order valence-corrected chi connectivity index (χ4v) is 2.77. The van der Waals surface area contributed by atoms with E-state index in [-0.39, 0.29) is 5.82 Å². The quantitative estimate of drug-likeness (QED) is 0.803. The topological polar surface area (TPSA) is 12.9 Å². The minimum Gasteiger partial charge on any atom is -0.256 e. The first-order chi connectivity index (χ1) is 8.16. The number of thioether (sulfide) groups is 1. The molecule has 0 aliphatic heterocycles. The van der Waals surface area contributed by atoms with Crippen LogP contribution in [0.5, 0.6) is 0 Å². The van der Waals surface area contributed by atoms with Gasteiger partial charge in [-0.1, -0.05) is 19.9 Å². The Labute approximate surface area is 105 Å². The van der Waals surface area contributed by atoms with Crippen molar-refractivity contribution in [3.8, 4) is 0 Å². The van der Waals surface area contributed by atoms with Crippen molar-refractivity contribution in [1.29, 1.82) is 0 Å². The highest BCUT2D eigenvalue weighted by Gasteiger charge is 2.05. The molecule has 0 N–H and O–H groups in total. The van der Waals surface area contributed by atoms with Crippen molar-refractivity contribution < 1.29 is 4.39 Å². The van der Waals surface area contributed by atoms with Crippen LogP contribution in [0.4, 0.5) is 4.39 Å². The zero-order valence-corrected chi connectivity index (χ0v) is 10.9.